The minimum absolute atomic E-state index is 0.0375. The normalized spacial score (nSPS) is 9.89. The van der Waals surface area contributed by atoms with Crippen LogP contribution in [0.3, 0.4) is 0 Å². The van der Waals surface area contributed by atoms with Gasteiger partial charge in [0.25, 0.3) is 0 Å². The van der Waals surface area contributed by atoms with Crippen molar-refractivity contribution < 1.29 is 4.79 Å². The molecule has 1 rings (SSSR count). The second kappa shape index (κ2) is 8.30. The molecular formula is C15H21N3O. The topological polar surface area (TPSA) is 58.4 Å². The van der Waals surface area contributed by atoms with E-state index in [1.165, 1.54) is 0 Å². The van der Waals surface area contributed by atoms with E-state index < -0.39 is 0 Å². The number of hydrogen-bond donors (Lipinski definition) is 2. The summed E-state index contributed by atoms with van der Waals surface area (Å²) in [6.07, 6.45) is 0. The van der Waals surface area contributed by atoms with Crippen molar-refractivity contribution >= 4 is 5.91 Å². The highest BCUT2D eigenvalue weighted by atomic mass is 16.1. The summed E-state index contributed by atoms with van der Waals surface area (Å²) in [4.78, 5) is 13.5. The smallest absolute Gasteiger partial charge is 0.234 e. The van der Waals surface area contributed by atoms with E-state index in [0.29, 0.717) is 26.2 Å². The molecular weight excluding hydrogens is 238 g/mol. The fourth-order valence-electron chi connectivity index (χ4n) is 1.77. The number of nitrogens with two attached hydrogens (primary N) is 1. The number of benzene rings is 1. The van der Waals surface area contributed by atoms with Crippen LogP contribution in [0, 0.1) is 11.8 Å². The summed E-state index contributed by atoms with van der Waals surface area (Å²) in [6, 6.07) is 7.92. The van der Waals surface area contributed by atoms with Gasteiger partial charge >= 0.3 is 0 Å². The van der Waals surface area contributed by atoms with Crippen LogP contribution in [0.1, 0.15) is 18.1 Å². The monoisotopic (exact) mass is 259 g/mol. The molecule has 0 saturated heterocycles. The molecule has 0 spiro atoms. The van der Waals surface area contributed by atoms with Crippen molar-refractivity contribution in [3.63, 3.8) is 0 Å². The number of carbonyl (C=O) groups is 1. The molecule has 0 bridgehead atoms. The van der Waals surface area contributed by atoms with E-state index in [4.69, 9.17) is 5.73 Å². The molecule has 0 fully saturated rings. The molecule has 3 N–H and O–H groups in total. The minimum atomic E-state index is 0.0375. The Morgan fingerprint density at radius 1 is 1.42 bits per heavy atom. The first-order chi connectivity index (χ1) is 9.17. The molecule has 0 heterocycles. The van der Waals surface area contributed by atoms with Crippen LogP contribution in [0.5, 0.6) is 0 Å². The molecule has 0 unspecified atom stereocenters. The SMILES string of the molecule is CCNC(=O)CN(C)Cc1ccccc1C#CCN. The standard InChI is InChI=1S/C15H21N3O/c1-3-17-15(19)12-18(2)11-14-8-5-4-7-13(14)9-6-10-16/h4-5,7-8H,3,10-12,16H2,1-2H3,(H,17,19). The van der Waals surface area contributed by atoms with Crippen LogP contribution in [-0.4, -0.2) is 37.5 Å². The number of nitrogens with one attached hydrogen (secondary N) is 1. The summed E-state index contributed by atoms with van der Waals surface area (Å²) in [5.41, 5.74) is 7.46. The summed E-state index contributed by atoms with van der Waals surface area (Å²) in [7, 11) is 1.92. The first-order valence-electron chi connectivity index (χ1n) is 6.39. The third-order valence-corrected chi connectivity index (χ3v) is 2.57. The third-order valence-electron chi connectivity index (χ3n) is 2.57. The molecule has 0 atom stereocenters. The Bertz CT molecular complexity index is 474. The fourth-order valence-corrected chi connectivity index (χ4v) is 1.77. The van der Waals surface area contributed by atoms with Crippen LogP contribution in [0.2, 0.25) is 0 Å². The third kappa shape index (κ3) is 5.56. The zero-order valence-electron chi connectivity index (χ0n) is 11.6. The molecule has 19 heavy (non-hydrogen) atoms. The second-order valence-corrected chi connectivity index (χ2v) is 4.29. The number of amides is 1. The van der Waals surface area contributed by atoms with E-state index in [9.17, 15) is 4.79 Å². The molecule has 0 aliphatic rings. The zero-order valence-corrected chi connectivity index (χ0v) is 11.6. The summed E-state index contributed by atoms with van der Waals surface area (Å²) < 4.78 is 0. The number of likely N-dealkylation sites (N-methyl/N-ethyl adjacent to an activating group) is 2. The van der Waals surface area contributed by atoms with Gasteiger partial charge in [-0.15, -0.1) is 0 Å². The van der Waals surface area contributed by atoms with Crippen LogP contribution in [0.25, 0.3) is 0 Å². The van der Waals surface area contributed by atoms with E-state index in [1.807, 2.05) is 43.1 Å². The molecule has 102 valence electrons. The van der Waals surface area contributed by atoms with Gasteiger partial charge in [0.15, 0.2) is 0 Å². The molecule has 4 heteroatoms. The maximum atomic E-state index is 11.5. The summed E-state index contributed by atoms with van der Waals surface area (Å²) >= 11 is 0. The largest absolute Gasteiger partial charge is 0.355 e. The Morgan fingerprint density at radius 3 is 2.84 bits per heavy atom. The summed E-state index contributed by atoms with van der Waals surface area (Å²) in [5, 5.41) is 2.79. The average molecular weight is 259 g/mol. The van der Waals surface area contributed by atoms with Crippen LogP contribution >= 0.6 is 0 Å². The number of hydrogen-bond acceptors (Lipinski definition) is 3. The van der Waals surface area contributed by atoms with Gasteiger partial charge in [-0.25, -0.2) is 0 Å². The zero-order chi connectivity index (χ0) is 14.1. The maximum absolute atomic E-state index is 11.5. The first-order valence-corrected chi connectivity index (χ1v) is 6.39. The van der Waals surface area contributed by atoms with Crippen LogP contribution < -0.4 is 11.1 Å². The Morgan fingerprint density at radius 2 is 2.16 bits per heavy atom. The van der Waals surface area contributed by atoms with Gasteiger partial charge in [-0.05, 0) is 25.6 Å². The quantitative estimate of drug-likeness (QED) is 0.760. The lowest BCUT2D eigenvalue weighted by Crippen LogP contribution is -2.34. The summed E-state index contributed by atoms with van der Waals surface area (Å²) in [5.74, 6) is 5.95. The maximum Gasteiger partial charge on any atom is 0.234 e. The highest BCUT2D eigenvalue weighted by Gasteiger charge is 2.07. The Hall–Kier alpha value is -1.83. The van der Waals surface area contributed by atoms with Crippen molar-refractivity contribution in [2.75, 3.05) is 26.7 Å². The lowest BCUT2D eigenvalue weighted by Gasteiger charge is -2.17. The van der Waals surface area contributed by atoms with Gasteiger partial charge in [0.1, 0.15) is 0 Å². The van der Waals surface area contributed by atoms with Gasteiger partial charge in [0.2, 0.25) is 5.91 Å². The predicted octanol–water partition coefficient (Wildman–Crippen LogP) is 0.565. The molecule has 1 aromatic rings. The van der Waals surface area contributed by atoms with Gasteiger partial charge in [0.05, 0.1) is 13.1 Å². The van der Waals surface area contributed by atoms with Crippen molar-refractivity contribution in [3.05, 3.63) is 35.4 Å². The van der Waals surface area contributed by atoms with E-state index in [-0.39, 0.29) is 5.91 Å². The predicted molar refractivity (Wildman–Crippen MR) is 77.4 cm³/mol. The van der Waals surface area contributed by atoms with Gasteiger partial charge < -0.3 is 11.1 Å². The summed E-state index contributed by atoms with van der Waals surface area (Å²) in [6.45, 7) is 3.99. The molecule has 0 radical (unpaired) electrons. The van der Waals surface area contributed by atoms with E-state index in [0.717, 1.165) is 11.1 Å². The van der Waals surface area contributed by atoms with Crippen LogP contribution in [-0.2, 0) is 11.3 Å². The molecule has 0 aliphatic heterocycles. The number of nitrogens with zero attached hydrogens (tertiary/aromatic N) is 1. The Kier molecular flexibility index (Phi) is 6.65. The number of carbonyl (C=O) groups excluding carboxylic acids is 1. The Balaban J connectivity index is 2.68. The molecule has 1 amide bonds. The lowest BCUT2D eigenvalue weighted by atomic mass is 10.1. The van der Waals surface area contributed by atoms with Crippen molar-refractivity contribution in [3.8, 4) is 11.8 Å². The van der Waals surface area contributed by atoms with Crippen molar-refractivity contribution in [2.24, 2.45) is 5.73 Å². The number of rotatable bonds is 5. The molecule has 0 saturated carbocycles. The highest BCUT2D eigenvalue weighted by molar-refractivity contribution is 5.77. The first kappa shape index (κ1) is 15.2. The second-order valence-electron chi connectivity index (χ2n) is 4.29. The fraction of sp³-hybridized carbons (Fsp3) is 0.400. The lowest BCUT2D eigenvalue weighted by molar-refractivity contribution is -0.121. The minimum Gasteiger partial charge on any atom is -0.355 e. The van der Waals surface area contributed by atoms with E-state index in [2.05, 4.69) is 17.2 Å². The highest BCUT2D eigenvalue weighted by Crippen LogP contribution is 2.09. The molecule has 0 aliphatic carbocycles. The van der Waals surface area contributed by atoms with Crippen molar-refractivity contribution in [1.29, 1.82) is 0 Å². The van der Waals surface area contributed by atoms with E-state index in [1.54, 1.807) is 0 Å². The molecule has 1 aromatic carbocycles. The van der Waals surface area contributed by atoms with Gasteiger partial charge in [-0.1, -0.05) is 30.0 Å². The Labute approximate surface area is 115 Å². The van der Waals surface area contributed by atoms with Gasteiger partial charge in [-0.3, -0.25) is 9.69 Å². The van der Waals surface area contributed by atoms with Crippen LogP contribution in [0.15, 0.2) is 24.3 Å². The van der Waals surface area contributed by atoms with Crippen molar-refractivity contribution in [1.82, 2.24) is 10.2 Å². The average Bonchev–Trinajstić information content (AvgIpc) is 2.37. The van der Waals surface area contributed by atoms with Gasteiger partial charge in [-0.2, -0.15) is 0 Å². The van der Waals surface area contributed by atoms with E-state index >= 15 is 0 Å². The van der Waals surface area contributed by atoms with Crippen LogP contribution in [0.4, 0.5) is 0 Å². The molecule has 0 aromatic heterocycles. The van der Waals surface area contributed by atoms with Gasteiger partial charge in [0, 0.05) is 18.7 Å². The van der Waals surface area contributed by atoms with Crippen molar-refractivity contribution in [2.45, 2.75) is 13.5 Å². The molecule has 4 nitrogen and oxygen atoms in total.